The first kappa shape index (κ1) is 20.3. The molecule has 0 aliphatic heterocycles. The van der Waals surface area contributed by atoms with Crippen LogP contribution in [0.25, 0.3) is 5.69 Å². The van der Waals surface area contributed by atoms with Crippen molar-refractivity contribution in [3.05, 3.63) is 49.8 Å². The molecule has 0 aliphatic rings. The molecule has 3 aromatic rings. The Hall–Kier alpha value is -1.43. The van der Waals surface area contributed by atoms with Gasteiger partial charge in [-0.1, -0.05) is 30.0 Å². The van der Waals surface area contributed by atoms with Crippen LogP contribution in [0.5, 0.6) is 5.75 Å². The summed E-state index contributed by atoms with van der Waals surface area (Å²) in [5, 5.41) is 15.0. The molecule has 27 heavy (non-hydrogen) atoms. The number of halogens is 3. The molecule has 0 aliphatic carbocycles. The molecule has 0 radical (unpaired) electrons. The number of anilines is 1. The molecule has 1 aromatic heterocycles. The highest BCUT2D eigenvalue weighted by atomic mass is 79.9. The first-order chi connectivity index (χ1) is 13.0. The van der Waals surface area contributed by atoms with Gasteiger partial charge in [-0.3, -0.25) is 4.79 Å². The molecule has 0 atom stereocenters. The minimum Gasteiger partial charge on any atom is -0.493 e. The van der Waals surface area contributed by atoms with Gasteiger partial charge in [-0.2, -0.15) is 4.68 Å². The average molecular weight is 578 g/mol. The number of para-hydroxylation sites is 1. The Morgan fingerprint density at radius 1 is 1.22 bits per heavy atom. The lowest BCUT2D eigenvalue weighted by Crippen LogP contribution is -2.15. The van der Waals surface area contributed by atoms with Crippen LogP contribution in [-0.4, -0.2) is 39.0 Å². The molecule has 3 rings (SSSR count). The molecule has 1 heterocycles. The predicted octanol–water partition coefficient (Wildman–Crippen LogP) is 4.69. The summed E-state index contributed by atoms with van der Waals surface area (Å²) in [5.41, 5.74) is 1.38. The van der Waals surface area contributed by atoms with Crippen LogP contribution in [0.1, 0.15) is 0 Å². The molecule has 1 amide bonds. The van der Waals surface area contributed by atoms with Gasteiger partial charge in [0.15, 0.2) is 5.75 Å². The zero-order valence-electron chi connectivity index (χ0n) is 13.8. The molecule has 140 valence electrons. The van der Waals surface area contributed by atoms with E-state index in [-0.39, 0.29) is 11.7 Å². The van der Waals surface area contributed by atoms with Crippen molar-refractivity contribution in [2.45, 2.75) is 5.16 Å². The summed E-state index contributed by atoms with van der Waals surface area (Å²) < 4.78 is 9.26. The van der Waals surface area contributed by atoms with E-state index in [0.29, 0.717) is 21.1 Å². The van der Waals surface area contributed by atoms with Crippen molar-refractivity contribution in [2.24, 2.45) is 0 Å². The van der Waals surface area contributed by atoms with E-state index < -0.39 is 0 Å². The van der Waals surface area contributed by atoms with E-state index in [1.54, 1.807) is 17.9 Å². The molecule has 7 nitrogen and oxygen atoms in total. The van der Waals surface area contributed by atoms with Crippen molar-refractivity contribution in [1.82, 2.24) is 20.2 Å². The van der Waals surface area contributed by atoms with E-state index in [2.05, 4.69) is 68.6 Å². The Labute approximate surface area is 184 Å². The van der Waals surface area contributed by atoms with Crippen LogP contribution in [-0.2, 0) is 4.79 Å². The third-order valence-electron chi connectivity index (χ3n) is 3.37. The van der Waals surface area contributed by atoms with Gasteiger partial charge in [-0.25, -0.2) is 0 Å². The number of aromatic nitrogens is 4. The molecular formula is C16H12Br3N5O2S. The maximum Gasteiger partial charge on any atom is 0.234 e. The SMILES string of the molecule is COc1c(NC(=O)CSc2nnnn2-c2ccccc2)cc(Br)c(Br)c1Br. The van der Waals surface area contributed by atoms with Gasteiger partial charge < -0.3 is 10.1 Å². The number of rotatable bonds is 6. The highest BCUT2D eigenvalue weighted by Gasteiger charge is 2.17. The van der Waals surface area contributed by atoms with Gasteiger partial charge in [-0.05, 0) is 76.4 Å². The fourth-order valence-corrected chi connectivity index (χ4v) is 4.45. The molecule has 0 bridgehead atoms. The number of hydrogen-bond acceptors (Lipinski definition) is 6. The predicted molar refractivity (Wildman–Crippen MR) is 115 cm³/mol. The van der Waals surface area contributed by atoms with Crippen molar-refractivity contribution in [1.29, 1.82) is 0 Å². The van der Waals surface area contributed by atoms with Crippen LogP contribution < -0.4 is 10.1 Å². The smallest absolute Gasteiger partial charge is 0.234 e. The largest absolute Gasteiger partial charge is 0.493 e. The van der Waals surface area contributed by atoms with E-state index in [1.165, 1.54) is 11.8 Å². The molecular weight excluding hydrogens is 566 g/mol. The third kappa shape index (κ3) is 4.71. The zero-order valence-corrected chi connectivity index (χ0v) is 19.4. The van der Waals surface area contributed by atoms with E-state index in [1.807, 2.05) is 30.3 Å². The summed E-state index contributed by atoms with van der Waals surface area (Å²) in [5.74, 6) is 0.460. The van der Waals surface area contributed by atoms with Gasteiger partial charge in [0, 0.05) is 8.95 Å². The standard InChI is InChI=1S/C16H12Br3N5O2S/c1-26-15-11(7-10(17)13(18)14(15)19)20-12(25)8-27-16-21-22-23-24(16)9-5-3-2-4-6-9/h2-7H,8H2,1H3,(H,20,25). The maximum absolute atomic E-state index is 12.4. The number of amides is 1. The number of carbonyl (C=O) groups is 1. The second kappa shape index (κ2) is 9.18. The number of tetrazole rings is 1. The second-order valence-corrected chi connectivity index (χ2v) is 8.50. The Morgan fingerprint density at radius 2 is 1.96 bits per heavy atom. The minimum atomic E-state index is -0.206. The number of methoxy groups -OCH3 is 1. The van der Waals surface area contributed by atoms with Crippen molar-refractivity contribution in [3.63, 3.8) is 0 Å². The van der Waals surface area contributed by atoms with E-state index >= 15 is 0 Å². The lowest BCUT2D eigenvalue weighted by Gasteiger charge is -2.14. The van der Waals surface area contributed by atoms with Crippen molar-refractivity contribution in [2.75, 3.05) is 18.2 Å². The Kier molecular flexibility index (Phi) is 6.90. The summed E-state index contributed by atoms with van der Waals surface area (Å²) in [6.07, 6.45) is 0. The molecule has 0 saturated carbocycles. The van der Waals surface area contributed by atoms with Crippen LogP contribution in [0.3, 0.4) is 0 Å². The Morgan fingerprint density at radius 3 is 2.67 bits per heavy atom. The minimum absolute atomic E-state index is 0.141. The molecule has 0 spiro atoms. The second-order valence-electron chi connectivity index (χ2n) is 5.11. The summed E-state index contributed by atoms with van der Waals surface area (Å²) in [6, 6.07) is 11.3. The average Bonchev–Trinajstić information content (AvgIpc) is 3.14. The normalized spacial score (nSPS) is 10.7. The Bertz CT molecular complexity index is 968. The fourth-order valence-electron chi connectivity index (χ4n) is 2.19. The van der Waals surface area contributed by atoms with Crippen LogP contribution in [0, 0.1) is 0 Å². The molecule has 0 fully saturated rings. The van der Waals surface area contributed by atoms with Crippen molar-refractivity contribution >= 4 is 71.1 Å². The van der Waals surface area contributed by atoms with Crippen molar-refractivity contribution in [3.8, 4) is 11.4 Å². The van der Waals surface area contributed by atoms with E-state index in [0.717, 1.165) is 14.6 Å². The molecule has 1 N–H and O–H groups in total. The van der Waals surface area contributed by atoms with Gasteiger partial charge in [-0.15, -0.1) is 5.10 Å². The number of ether oxygens (including phenoxy) is 1. The maximum atomic E-state index is 12.4. The lowest BCUT2D eigenvalue weighted by atomic mass is 10.3. The highest BCUT2D eigenvalue weighted by molar-refractivity contribution is 9.14. The quantitative estimate of drug-likeness (QED) is 0.338. The third-order valence-corrected chi connectivity index (χ3v) is 7.56. The van der Waals surface area contributed by atoms with Crippen LogP contribution in [0.2, 0.25) is 0 Å². The van der Waals surface area contributed by atoms with Crippen LogP contribution in [0.15, 0.2) is 55.0 Å². The number of nitrogens with one attached hydrogen (secondary N) is 1. The fraction of sp³-hybridized carbons (Fsp3) is 0.125. The molecule has 0 unspecified atom stereocenters. The van der Waals surface area contributed by atoms with Gasteiger partial charge in [0.25, 0.3) is 0 Å². The number of hydrogen-bond donors (Lipinski definition) is 1. The first-order valence-corrected chi connectivity index (χ1v) is 10.9. The summed E-state index contributed by atoms with van der Waals surface area (Å²) in [7, 11) is 1.54. The highest BCUT2D eigenvalue weighted by Crippen LogP contribution is 2.43. The van der Waals surface area contributed by atoms with Crippen LogP contribution in [0.4, 0.5) is 5.69 Å². The lowest BCUT2D eigenvalue weighted by molar-refractivity contribution is -0.113. The number of nitrogens with zero attached hydrogens (tertiary/aromatic N) is 4. The zero-order chi connectivity index (χ0) is 19.4. The summed E-state index contributed by atoms with van der Waals surface area (Å²) in [4.78, 5) is 12.4. The van der Waals surface area contributed by atoms with Gasteiger partial charge >= 0.3 is 0 Å². The number of thioether (sulfide) groups is 1. The first-order valence-electron chi connectivity index (χ1n) is 7.49. The van der Waals surface area contributed by atoms with E-state index in [9.17, 15) is 4.79 Å². The summed E-state index contributed by atoms with van der Waals surface area (Å²) >= 11 is 11.6. The Balaban J connectivity index is 1.71. The van der Waals surface area contributed by atoms with Crippen LogP contribution >= 0.6 is 59.6 Å². The molecule has 11 heteroatoms. The monoisotopic (exact) mass is 575 g/mol. The van der Waals surface area contributed by atoms with E-state index in [4.69, 9.17) is 4.74 Å². The molecule has 0 saturated heterocycles. The summed E-state index contributed by atoms with van der Waals surface area (Å²) in [6.45, 7) is 0. The topological polar surface area (TPSA) is 81.9 Å². The van der Waals surface area contributed by atoms with Gasteiger partial charge in [0.05, 0.1) is 28.7 Å². The number of carbonyl (C=O) groups excluding carboxylic acids is 1. The molecule has 2 aromatic carbocycles. The number of benzene rings is 2. The van der Waals surface area contributed by atoms with Gasteiger partial charge in [0.2, 0.25) is 11.1 Å². The van der Waals surface area contributed by atoms with Gasteiger partial charge in [0.1, 0.15) is 0 Å². The van der Waals surface area contributed by atoms with Crippen molar-refractivity contribution < 1.29 is 9.53 Å².